The van der Waals surface area contributed by atoms with Crippen LogP contribution >= 0.6 is 0 Å². The molecule has 3 aromatic carbocycles. The lowest BCUT2D eigenvalue weighted by Crippen LogP contribution is -2.18. The van der Waals surface area contributed by atoms with Crippen LogP contribution in [0.3, 0.4) is 0 Å². The lowest BCUT2D eigenvalue weighted by Gasteiger charge is -2.14. The molecule has 0 bridgehead atoms. The number of nitrogens with one attached hydrogen (secondary N) is 3. The molecule has 1 saturated heterocycles. The van der Waals surface area contributed by atoms with Crippen LogP contribution in [0.4, 0.5) is 15.8 Å². The second-order valence-corrected chi connectivity index (χ2v) is 9.07. The minimum absolute atomic E-state index is 0.0168. The van der Waals surface area contributed by atoms with Gasteiger partial charge in [-0.1, -0.05) is 24.3 Å². The zero-order chi connectivity index (χ0) is 22.7. The van der Waals surface area contributed by atoms with E-state index >= 15 is 0 Å². The van der Waals surface area contributed by atoms with Gasteiger partial charge in [0, 0.05) is 24.6 Å². The molecule has 0 aromatic heterocycles. The molecule has 1 aliphatic rings. The maximum absolute atomic E-state index is 13.1. The molecular formula is C23H20FN3O4S. The van der Waals surface area contributed by atoms with Crippen molar-refractivity contribution in [1.82, 2.24) is 5.32 Å². The smallest absolute Gasteiger partial charge is 0.261 e. The summed E-state index contributed by atoms with van der Waals surface area (Å²) < 4.78 is 41.4. The average molecular weight is 453 g/mol. The van der Waals surface area contributed by atoms with Crippen molar-refractivity contribution in [3.63, 3.8) is 0 Å². The molecule has 1 fully saturated rings. The topological polar surface area (TPSA) is 104 Å². The monoisotopic (exact) mass is 453 g/mol. The van der Waals surface area contributed by atoms with E-state index in [0.717, 1.165) is 5.56 Å². The first kappa shape index (κ1) is 21.5. The summed E-state index contributed by atoms with van der Waals surface area (Å²) in [4.78, 5) is 24.1. The van der Waals surface area contributed by atoms with Crippen molar-refractivity contribution >= 4 is 33.2 Å². The molecule has 0 spiro atoms. The van der Waals surface area contributed by atoms with Crippen LogP contribution in [0.5, 0.6) is 0 Å². The fraction of sp³-hybridized carbons (Fsp3) is 0.130. The van der Waals surface area contributed by atoms with Gasteiger partial charge in [-0.05, 0) is 54.1 Å². The minimum atomic E-state index is -3.96. The highest BCUT2D eigenvalue weighted by Crippen LogP contribution is 2.26. The highest BCUT2D eigenvalue weighted by molar-refractivity contribution is 7.92. The van der Waals surface area contributed by atoms with Crippen molar-refractivity contribution in [1.29, 1.82) is 0 Å². The molecule has 32 heavy (non-hydrogen) atoms. The summed E-state index contributed by atoms with van der Waals surface area (Å²) in [5.74, 6) is -0.978. The first-order chi connectivity index (χ1) is 15.3. The second kappa shape index (κ2) is 8.80. The van der Waals surface area contributed by atoms with Crippen LogP contribution < -0.4 is 15.4 Å². The van der Waals surface area contributed by atoms with Gasteiger partial charge in [0.25, 0.3) is 15.9 Å². The highest BCUT2D eigenvalue weighted by Gasteiger charge is 2.24. The molecule has 3 aromatic rings. The van der Waals surface area contributed by atoms with E-state index in [9.17, 15) is 22.4 Å². The van der Waals surface area contributed by atoms with E-state index in [1.165, 1.54) is 48.5 Å². The summed E-state index contributed by atoms with van der Waals surface area (Å²) in [5, 5.41) is 5.38. The molecule has 4 rings (SSSR count). The van der Waals surface area contributed by atoms with E-state index in [1.54, 1.807) is 24.3 Å². The third kappa shape index (κ3) is 4.78. The fourth-order valence-corrected chi connectivity index (χ4v) is 4.55. The van der Waals surface area contributed by atoms with Crippen molar-refractivity contribution in [2.45, 2.75) is 17.2 Å². The Labute approximate surface area is 184 Å². The van der Waals surface area contributed by atoms with E-state index in [1.807, 2.05) is 0 Å². The second-order valence-electron chi connectivity index (χ2n) is 7.39. The molecule has 1 atom stereocenters. The Bertz CT molecular complexity index is 1260. The summed E-state index contributed by atoms with van der Waals surface area (Å²) in [6.45, 7) is 0.528. The molecule has 164 valence electrons. The Hall–Kier alpha value is -3.72. The highest BCUT2D eigenvalue weighted by atomic mass is 32.2. The number of carbonyl (C=O) groups excluding carboxylic acids is 2. The number of hydrogen-bond acceptors (Lipinski definition) is 4. The molecular weight excluding hydrogens is 433 g/mol. The fourth-order valence-electron chi connectivity index (χ4n) is 3.47. The van der Waals surface area contributed by atoms with Crippen LogP contribution in [-0.2, 0) is 14.8 Å². The molecule has 3 N–H and O–H groups in total. The number of amides is 2. The van der Waals surface area contributed by atoms with Crippen LogP contribution in [-0.4, -0.2) is 26.8 Å². The van der Waals surface area contributed by atoms with Gasteiger partial charge in [0.05, 0.1) is 16.1 Å². The summed E-state index contributed by atoms with van der Waals surface area (Å²) in [7, 11) is -3.96. The molecule has 0 saturated carbocycles. The lowest BCUT2D eigenvalue weighted by molar-refractivity contribution is -0.119. The summed E-state index contributed by atoms with van der Waals surface area (Å²) in [6.07, 6.45) is 0.376. The average Bonchev–Trinajstić information content (AvgIpc) is 3.22. The zero-order valence-corrected chi connectivity index (χ0v) is 17.7. The molecule has 0 aliphatic carbocycles. The van der Waals surface area contributed by atoms with Gasteiger partial charge in [-0.3, -0.25) is 14.3 Å². The zero-order valence-electron chi connectivity index (χ0n) is 16.8. The Kier molecular flexibility index (Phi) is 5.91. The van der Waals surface area contributed by atoms with Crippen LogP contribution in [0.25, 0.3) is 0 Å². The third-order valence-corrected chi connectivity index (χ3v) is 6.54. The summed E-state index contributed by atoms with van der Waals surface area (Å²) >= 11 is 0. The van der Waals surface area contributed by atoms with Gasteiger partial charge in [0.2, 0.25) is 5.91 Å². The Morgan fingerprint density at radius 2 is 1.66 bits per heavy atom. The van der Waals surface area contributed by atoms with E-state index in [-0.39, 0.29) is 28.0 Å². The van der Waals surface area contributed by atoms with Crippen molar-refractivity contribution in [2.75, 3.05) is 16.6 Å². The number of benzene rings is 3. The first-order valence-corrected chi connectivity index (χ1v) is 11.4. The number of halogens is 1. The maximum atomic E-state index is 13.1. The number of para-hydroxylation sites is 1. The number of anilines is 2. The quantitative estimate of drug-likeness (QED) is 0.532. The van der Waals surface area contributed by atoms with Crippen molar-refractivity contribution < 1.29 is 22.4 Å². The van der Waals surface area contributed by atoms with E-state index in [4.69, 9.17) is 0 Å². The van der Waals surface area contributed by atoms with Crippen LogP contribution in [0.1, 0.15) is 28.3 Å². The van der Waals surface area contributed by atoms with Gasteiger partial charge in [0.1, 0.15) is 5.82 Å². The molecule has 1 unspecified atom stereocenters. The van der Waals surface area contributed by atoms with E-state index < -0.39 is 21.7 Å². The Morgan fingerprint density at radius 3 is 2.31 bits per heavy atom. The van der Waals surface area contributed by atoms with Gasteiger partial charge in [-0.15, -0.1) is 0 Å². The van der Waals surface area contributed by atoms with Crippen LogP contribution in [0, 0.1) is 5.82 Å². The number of carbonyl (C=O) groups is 2. The molecule has 7 nitrogen and oxygen atoms in total. The molecule has 1 aliphatic heterocycles. The maximum Gasteiger partial charge on any atom is 0.261 e. The molecule has 9 heteroatoms. The normalized spacial score (nSPS) is 15.8. The summed E-state index contributed by atoms with van der Waals surface area (Å²) in [6, 6.07) is 17.8. The standard InChI is InChI=1S/C23H20FN3O4S/c24-17-7-9-18(10-8-17)26-23(29)20-3-1-2-4-21(20)27-32(30,31)19-11-5-15(6-12-19)16-13-22(28)25-14-16/h1-12,16,27H,13-14H2,(H,25,28)(H,26,29). The lowest BCUT2D eigenvalue weighted by atomic mass is 9.99. The van der Waals surface area contributed by atoms with Gasteiger partial charge < -0.3 is 10.6 Å². The van der Waals surface area contributed by atoms with Gasteiger partial charge in [-0.2, -0.15) is 0 Å². The first-order valence-electron chi connectivity index (χ1n) is 9.87. The Balaban J connectivity index is 1.52. The van der Waals surface area contributed by atoms with Crippen molar-refractivity contribution in [3.8, 4) is 0 Å². The van der Waals surface area contributed by atoms with Crippen LogP contribution in [0.15, 0.2) is 77.7 Å². The predicted molar refractivity (Wildman–Crippen MR) is 118 cm³/mol. The summed E-state index contributed by atoms with van der Waals surface area (Å²) in [5.41, 5.74) is 1.49. The van der Waals surface area contributed by atoms with E-state index in [2.05, 4.69) is 15.4 Å². The largest absolute Gasteiger partial charge is 0.355 e. The van der Waals surface area contributed by atoms with Crippen molar-refractivity contribution in [2.24, 2.45) is 0 Å². The van der Waals surface area contributed by atoms with Gasteiger partial charge in [0.15, 0.2) is 0 Å². The molecule has 0 radical (unpaired) electrons. The number of rotatable bonds is 6. The minimum Gasteiger partial charge on any atom is -0.355 e. The Morgan fingerprint density at radius 1 is 0.969 bits per heavy atom. The molecule has 1 heterocycles. The SMILES string of the molecule is O=C1CC(c2ccc(S(=O)(=O)Nc3ccccc3C(=O)Nc3ccc(F)cc3)cc2)CN1. The van der Waals surface area contributed by atoms with E-state index in [0.29, 0.717) is 18.7 Å². The van der Waals surface area contributed by atoms with Crippen molar-refractivity contribution in [3.05, 3.63) is 89.7 Å². The molecule has 2 amide bonds. The van der Waals surface area contributed by atoms with Gasteiger partial charge >= 0.3 is 0 Å². The number of sulfonamides is 1. The van der Waals surface area contributed by atoms with Crippen LogP contribution in [0.2, 0.25) is 0 Å². The van der Waals surface area contributed by atoms with Gasteiger partial charge in [-0.25, -0.2) is 12.8 Å². The number of hydrogen-bond donors (Lipinski definition) is 3. The third-order valence-electron chi connectivity index (χ3n) is 5.16. The predicted octanol–water partition coefficient (Wildman–Crippen LogP) is 3.48.